The van der Waals surface area contributed by atoms with Gasteiger partial charge in [-0.1, -0.05) is 6.07 Å². The first kappa shape index (κ1) is 15.7. The van der Waals surface area contributed by atoms with E-state index in [9.17, 15) is 10.1 Å². The van der Waals surface area contributed by atoms with Crippen LogP contribution < -0.4 is 14.8 Å². The summed E-state index contributed by atoms with van der Waals surface area (Å²) in [6.45, 7) is 0.482. The van der Waals surface area contributed by atoms with Gasteiger partial charge in [-0.05, 0) is 35.9 Å². The Morgan fingerprint density at radius 1 is 1.35 bits per heavy atom. The van der Waals surface area contributed by atoms with Gasteiger partial charge in [-0.2, -0.15) is 5.26 Å². The molecule has 0 fully saturated rings. The molecular weight excluding hydrogens is 332 g/mol. The molecular formula is C19H14N4O3. The van der Waals surface area contributed by atoms with Gasteiger partial charge in [0.15, 0.2) is 11.5 Å². The molecule has 2 aromatic heterocycles. The lowest BCUT2D eigenvalue weighted by Crippen LogP contribution is -2.23. The number of aromatic nitrogens is 2. The van der Waals surface area contributed by atoms with Gasteiger partial charge in [0.25, 0.3) is 5.91 Å². The van der Waals surface area contributed by atoms with E-state index >= 15 is 0 Å². The fraction of sp³-hybridized carbons (Fsp3) is 0.105. The predicted octanol–water partition coefficient (Wildman–Crippen LogP) is 2.51. The van der Waals surface area contributed by atoms with Crippen molar-refractivity contribution in [2.75, 3.05) is 6.79 Å². The molecule has 3 heterocycles. The normalized spacial score (nSPS) is 12.8. The summed E-state index contributed by atoms with van der Waals surface area (Å²) in [4.78, 5) is 19.6. The Morgan fingerprint density at radius 2 is 2.23 bits per heavy atom. The van der Waals surface area contributed by atoms with Crippen LogP contribution >= 0.6 is 0 Å². The first-order valence-corrected chi connectivity index (χ1v) is 7.95. The maximum Gasteiger partial charge on any atom is 0.262 e. The number of hydrogen-bond acceptors (Lipinski definition) is 5. The van der Waals surface area contributed by atoms with Gasteiger partial charge in [0.1, 0.15) is 17.3 Å². The fourth-order valence-electron chi connectivity index (χ4n) is 2.73. The third-order valence-corrected chi connectivity index (χ3v) is 4.04. The van der Waals surface area contributed by atoms with Crippen molar-refractivity contribution in [1.82, 2.24) is 15.3 Å². The Labute approximate surface area is 148 Å². The van der Waals surface area contributed by atoms with Crippen molar-refractivity contribution in [1.29, 1.82) is 5.26 Å². The highest BCUT2D eigenvalue weighted by Crippen LogP contribution is 2.32. The van der Waals surface area contributed by atoms with Gasteiger partial charge in [-0.25, -0.2) is 4.98 Å². The molecule has 0 spiro atoms. The number of carbonyl (C=O) groups is 1. The van der Waals surface area contributed by atoms with Crippen LogP contribution in [0, 0.1) is 11.3 Å². The highest BCUT2D eigenvalue weighted by atomic mass is 16.7. The molecule has 4 rings (SSSR count). The number of nitrogens with one attached hydrogen (secondary N) is 2. The number of carbonyl (C=O) groups excluding carboxylic acids is 1. The van der Waals surface area contributed by atoms with Gasteiger partial charge in [0.2, 0.25) is 6.79 Å². The quantitative estimate of drug-likeness (QED) is 0.558. The lowest BCUT2D eigenvalue weighted by atomic mass is 10.1. The molecule has 0 unspecified atom stereocenters. The zero-order chi connectivity index (χ0) is 17.9. The third kappa shape index (κ3) is 2.96. The van der Waals surface area contributed by atoms with E-state index in [-0.39, 0.29) is 18.9 Å². The molecule has 7 nitrogen and oxygen atoms in total. The first-order chi connectivity index (χ1) is 12.7. The molecule has 2 N–H and O–H groups in total. The van der Waals surface area contributed by atoms with Crippen molar-refractivity contribution in [3.8, 4) is 17.6 Å². The summed E-state index contributed by atoms with van der Waals surface area (Å²) in [6.07, 6.45) is 4.95. The summed E-state index contributed by atoms with van der Waals surface area (Å²) < 4.78 is 10.6. The summed E-state index contributed by atoms with van der Waals surface area (Å²) in [5.74, 6) is 0.896. The van der Waals surface area contributed by atoms with Gasteiger partial charge in [-0.3, -0.25) is 4.79 Å². The molecule has 26 heavy (non-hydrogen) atoms. The number of nitriles is 1. The van der Waals surface area contributed by atoms with E-state index < -0.39 is 5.91 Å². The van der Waals surface area contributed by atoms with Crippen molar-refractivity contribution < 1.29 is 14.3 Å². The molecule has 7 heteroatoms. The summed E-state index contributed by atoms with van der Waals surface area (Å²) in [5.41, 5.74) is 2.33. The number of fused-ring (bicyclic) bond motifs is 2. The molecule has 1 amide bonds. The number of aromatic amines is 1. The topological polar surface area (TPSA) is 100 Å². The van der Waals surface area contributed by atoms with Gasteiger partial charge < -0.3 is 19.8 Å². The van der Waals surface area contributed by atoms with Crippen molar-refractivity contribution >= 4 is 23.0 Å². The summed E-state index contributed by atoms with van der Waals surface area (Å²) >= 11 is 0. The smallest absolute Gasteiger partial charge is 0.262 e. The van der Waals surface area contributed by atoms with Crippen LogP contribution in [0.2, 0.25) is 0 Å². The van der Waals surface area contributed by atoms with E-state index in [0.717, 1.165) is 16.5 Å². The summed E-state index contributed by atoms with van der Waals surface area (Å²) in [6, 6.07) is 11.1. The lowest BCUT2D eigenvalue weighted by Gasteiger charge is -2.05. The Balaban J connectivity index is 1.50. The molecule has 1 aliphatic rings. The molecule has 0 saturated heterocycles. The number of pyridine rings is 1. The molecule has 0 atom stereocenters. The molecule has 0 aliphatic carbocycles. The predicted molar refractivity (Wildman–Crippen MR) is 94.1 cm³/mol. The number of hydrogen-bond donors (Lipinski definition) is 2. The Morgan fingerprint density at radius 3 is 3.12 bits per heavy atom. The van der Waals surface area contributed by atoms with Crippen LogP contribution in [0.5, 0.6) is 11.5 Å². The molecule has 3 aromatic rings. The number of amides is 1. The highest BCUT2D eigenvalue weighted by molar-refractivity contribution is 6.03. The van der Waals surface area contributed by atoms with E-state index in [0.29, 0.717) is 17.1 Å². The first-order valence-electron chi connectivity index (χ1n) is 7.95. The van der Waals surface area contributed by atoms with Crippen LogP contribution in [0.25, 0.3) is 17.1 Å². The van der Waals surface area contributed by atoms with Gasteiger partial charge >= 0.3 is 0 Å². The second kappa shape index (κ2) is 6.61. The molecule has 0 radical (unpaired) electrons. The number of H-pyrrole nitrogens is 1. The summed E-state index contributed by atoms with van der Waals surface area (Å²) in [5, 5.41) is 13.0. The lowest BCUT2D eigenvalue weighted by molar-refractivity contribution is -0.117. The van der Waals surface area contributed by atoms with E-state index in [1.807, 2.05) is 24.3 Å². The highest BCUT2D eigenvalue weighted by Gasteiger charge is 2.14. The number of rotatable bonds is 4. The van der Waals surface area contributed by atoms with E-state index in [1.165, 1.54) is 0 Å². The Hall–Kier alpha value is -3.79. The molecule has 1 aliphatic heterocycles. The van der Waals surface area contributed by atoms with Crippen molar-refractivity contribution in [2.24, 2.45) is 0 Å². The molecule has 0 bridgehead atoms. The fourth-order valence-corrected chi connectivity index (χ4v) is 2.73. The SMILES string of the molecule is N#C/C(=C\c1c[nH]c2ncccc12)C(=O)NCc1ccc2c(c1)OCO2. The Bertz CT molecular complexity index is 1060. The van der Waals surface area contributed by atoms with Crippen molar-refractivity contribution in [3.63, 3.8) is 0 Å². The van der Waals surface area contributed by atoms with Crippen molar-refractivity contribution in [3.05, 3.63) is 59.4 Å². The van der Waals surface area contributed by atoms with Crippen LogP contribution in [-0.2, 0) is 11.3 Å². The largest absolute Gasteiger partial charge is 0.454 e. The van der Waals surface area contributed by atoms with Crippen LogP contribution in [0.3, 0.4) is 0 Å². The minimum absolute atomic E-state index is 0.0236. The Kier molecular flexibility index (Phi) is 4.00. The molecule has 128 valence electrons. The zero-order valence-electron chi connectivity index (χ0n) is 13.7. The standard InChI is InChI=1S/C19H14N4O3/c20-8-13(7-14-10-22-18-15(14)2-1-5-21-18)19(24)23-9-12-3-4-16-17(6-12)26-11-25-16/h1-7,10H,9,11H2,(H,21,22)(H,23,24)/b13-7+. The molecule has 1 aromatic carbocycles. The number of nitrogens with zero attached hydrogens (tertiary/aromatic N) is 2. The van der Waals surface area contributed by atoms with E-state index in [4.69, 9.17) is 9.47 Å². The summed E-state index contributed by atoms with van der Waals surface area (Å²) in [7, 11) is 0. The van der Waals surface area contributed by atoms with Crippen LogP contribution in [0.4, 0.5) is 0 Å². The van der Waals surface area contributed by atoms with Crippen LogP contribution in [-0.4, -0.2) is 22.7 Å². The van der Waals surface area contributed by atoms with Gasteiger partial charge in [-0.15, -0.1) is 0 Å². The maximum atomic E-state index is 12.4. The van der Waals surface area contributed by atoms with Crippen LogP contribution in [0.15, 0.2) is 48.3 Å². The minimum atomic E-state index is -0.441. The average Bonchev–Trinajstić information content (AvgIpc) is 3.30. The second-order valence-corrected chi connectivity index (χ2v) is 5.68. The molecule has 0 saturated carbocycles. The number of ether oxygens (including phenoxy) is 2. The third-order valence-electron chi connectivity index (χ3n) is 4.04. The van der Waals surface area contributed by atoms with E-state index in [1.54, 1.807) is 30.6 Å². The number of benzene rings is 1. The van der Waals surface area contributed by atoms with Crippen LogP contribution in [0.1, 0.15) is 11.1 Å². The monoisotopic (exact) mass is 346 g/mol. The van der Waals surface area contributed by atoms with E-state index in [2.05, 4.69) is 15.3 Å². The minimum Gasteiger partial charge on any atom is -0.454 e. The average molecular weight is 346 g/mol. The van der Waals surface area contributed by atoms with Crippen molar-refractivity contribution in [2.45, 2.75) is 6.54 Å². The zero-order valence-corrected chi connectivity index (χ0v) is 13.7. The van der Waals surface area contributed by atoms with Gasteiger partial charge in [0.05, 0.1) is 0 Å². The van der Waals surface area contributed by atoms with Gasteiger partial charge in [0, 0.05) is 29.9 Å². The second-order valence-electron chi connectivity index (χ2n) is 5.68. The maximum absolute atomic E-state index is 12.4.